The third-order valence-electron chi connectivity index (χ3n) is 13.2. The Balaban J connectivity index is 0.000000506. The minimum atomic E-state index is -0.0123. The fourth-order valence-corrected chi connectivity index (χ4v) is 25.8. The first kappa shape index (κ1) is 60.8. The van der Waals surface area contributed by atoms with Gasteiger partial charge in [-0.1, -0.05) is 54.5 Å². The van der Waals surface area contributed by atoms with Gasteiger partial charge in [-0.2, -0.15) is 106 Å². The van der Waals surface area contributed by atoms with E-state index >= 15 is 0 Å². The lowest BCUT2D eigenvalue weighted by molar-refractivity contribution is -0.128. The minimum absolute atomic E-state index is 0. The van der Waals surface area contributed by atoms with Crippen LogP contribution in [0.25, 0.3) is 0 Å². The molecule has 0 aromatic carbocycles. The molecule has 6 nitrogen and oxygen atoms in total. The lowest BCUT2D eigenvalue weighted by Gasteiger charge is -2.30. The molecule has 3 heterocycles. The number of ketones is 3. The summed E-state index contributed by atoms with van der Waals surface area (Å²) < 4.78 is 0. The van der Waals surface area contributed by atoms with Gasteiger partial charge in [-0.3, -0.25) is 28.8 Å². The van der Waals surface area contributed by atoms with Crippen LogP contribution >= 0.6 is 141 Å². The van der Waals surface area contributed by atoms with Gasteiger partial charge in [-0.15, -0.1) is 0 Å². The summed E-state index contributed by atoms with van der Waals surface area (Å²) in [4.78, 5) is 71.9. The van der Waals surface area contributed by atoms with Crippen LogP contribution in [0.4, 0.5) is 0 Å². The maximum atomic E-state index is 12.5. The van der Waals surface area contributed by atoms with Gasteiger partial charge in [0.15, 0.2) is 15.3 Å². The first-order valence-electron chi connectivity index (χ1n) is 24.0. The van der Waals surface area contributed by atoms with Crippen molar-refractivity contribution in [2.45, 2.75) is 129 Å². The van der Waals surface area contributed by atoms with E-state index in [0.717, 1.165) is 116 Å². The number of carbonyl (C=O) groups is 6. The number of Topliss-reactive ketones (excluding diaryl/α,β-unsaturated/α-hetero) is 3. The predicted octanol–water partition coefficient (Wildman–Crippen LogP) is 13.4. The lowest BCUT2D eigenvalue weighted by Crippen LogP contribution is -2.31. The highest BCUT2D eigenvalue weighted by atomic mass is 32.2. The molecule has 0 aromatic heterocycles. The SMILES string of the molecule is CSCC1CSC(CSC(=O)C2CCC(C(C)=O)CC2)CS1.CSCC1CSC(CSC(=O)C2CCCC(C(C)=O)C2)CS1.CSCC1CSC(CSC(=O)C2CCCCC2C(C)=O)CS1.[HH].[HH].[HH]. The largest absolute Gasteiger partial charge is 0.300 e. The van der Waals surface area contributed by atoms with E-state index in [1.54, 1.807) is 32.5 Å². The van der Waals surface area contributed by atoms with Crippen molar-refractivity contribution < 1.29 is 33.0 Å². The van der Waals surface area contributed by atoms with Crippen LogP contribution in [0.1, 0.15) is 102 Å². The van der Waals surface area contributed by atoms with Crippen LogP contribution in [0.5, 0.6) is 0 Å². The molecule has 66 heavy (non-hydrogen) atoms. The fourth-order valence-electron chi connectivity index (χ4n) is 9.16. The fraction of sp³-hybridized carbons (Fsp3) is 0.875. The third-order valence-corrected chi connectivity index (χ3v) is 29.9. The summed E-state index contributed by atoms with van der Waals surface area (Å²) in [6, 6.07) is 0. The van der Waals surface area contributed by atoms with E-state index in [1.807, 2.05) is 58.8 Å². The Morgan fingerprint density at radius 1 is 0.379 bits per heavy atom. The minimum Gasteiger partial charge on any atom is -0.300 e. The number of carbonyl (C=O) groups excluding carboxylic acids is 6. The van der Waals surface area contributed by atoms with Crippen molar-refractivity contribution >= 4 is 174 Å². The molecule has 384 valence electrons. The van der Waals surface area contributed by atoms with Gasteiger partial charge >= 0.3 is 0 Å². The number of thioether (sulfide) groups is 12. The monoisotopic (exact) mass is 1140 g/mol. The molecule has 0 N–H and O–H groups in total. The second-order valence-corrected chi connectivity index (χ2v) is 32.2. The number of hydrogen-bond acceptors (Lipinski definition) is 18. The molecular weight excluding hydrogens is 1060 g/mol. The molecule has 3 aliphatic heterocycles. The summed E-state index contributed by atoms with van der Waals surface area (Å²) in [5.74, 6) is 15.2. The molecule has 0 amide bonds. The summed E-state index contributed by atoms with van der Waals surface area (Å²) in [5.41, 5.74) is 0. The van der Waals surface area contributed by atoms with Gasteiger partial charge in [0.1, 0.15) is 17.3 Å². The van der Waals surface area contributed by atoms with E-state index in [4.69, 9.17) is 0 Å². The molecule has 0 aromatic rings. The molecular formula is C48H84O6S12. The molecule has 10 unspecified atom stereocenters. The van der Waals surface area contributed by atoms with E-state index in [-0.39, 0.29) is 56.5 Å². The Bertz CT molecular complexity index is 1490. The van der Waals surface area contributed by atoms with Crippen LogP contribution in [-0.2, 0) is 28.8 Å². The van der Waals surface area contributed by atoms with Crippen LogP contribution in [0.2, 0.25) is 0 Å². The molecule has 3 saturated carbocycles. The Morgan fingerprint density at radius 3 is 1.11 bits per heavy atom. The van der Waals surface area contributed by atoms with Gasteiger partial charge in [-0.05, 0) is 97.3 Å². The lowest BCUT2D eigenvalue weighted by atomic mass is 9.78. The molecule has 3 saturated heterocycles. The highest BCUT2D eigenvalue weighted by Gasteiger charge is 2.35. The first-order valence-corrected chi connectivity index (χ1v) is 37.4. The molecule has 6 rings (SSSR count). The van der Waals surface area contributed by atoms with Gasteiger partial charge < -0.3 is 0 Å². The summed E-state index contributed by atoms with van der Waals surface area (Å²) in [5, 5.41) is 5.17. The number of hydrogen-bond donors (Lipinski definition) is 0. The predicted molar refractivity (Wildman–Crippen MR) is 320 cm³/mol. The second-order valence-electron chi connectivity index (χ2n) is 18.4. The molecule has 6 fully saturated rings. The van der Waals surface area contributed by atoms with E-state index in [0.29, 0.717) is 31.8 Å². The Morgan fingerprint density at radius 2 is 0.727 bits per heavy atom. The first-order chi connectivity index (χ1) is 31.8. The maximum absolute atomic E-state index is 12.5. The second kappa shape index (κ2) is 34.7. The maximum Gasteiger partial charge on any atom is 0.192 e. The molecule has 0 spiro atoms. The molecule has 18 heteroatoms. The van der Waals surface area contributed by atoms with E-state index in [2.05, 4.69) is 65.8 Å². The summed E-state index contributed by atoms with van der Waals surface area (Å²) in [6.07, 6.45) is 18.0. The van der Waals surface area contributed by atoms with Crippen LogP contribution in [0.15, 0.2) is 0 Å². The highest BCUT2D eigenvalue weighted by molar-refractivity contribution is 8.16. The average molecular weight is 1140 g/mol. The van der Waals surface area contributed by atoms with Crippen LogP contribution in [-0.4, -0.2) is 152 Å². The van der Waals surface area contributed by atoms with Gasteiger partial charge in [-0.25, -0.2) is 0 Å². The quantitative estimate of drug-likeness (QED) is 0.130. The Kier molecular flexibility index (Phi) is 31.9. The Labute approximate surface area is 455 Å². The molecule has 10 atom stereocenters. The van der Waals surface area contributed by atoms with Gasteiger partial charge in [0.2, 0.25) is 0 Å². The topological polar surface area (TPSA) is 102 Å². The zero-order chi connectivity index (χ0) is 47.8. The highest BCUT2D eigenvalue weighted by Crippen LogP contribution is 2.40. The zero-order valence-corrected chi connectivity index (χ0v) is 50.0. The van der Waals surface area contributed by atoms with E-state index in [1.165, 1.54) is 69.5 Å². The van der Waals surface area contributed by atoms with E-state index < -0.39 is 0 Å². The molecule has 0 bridgehead atoms. The molecule has 6 aliphatic rings. The van der Waals surface area contributed by atoms with Crippen molar-refractivity contribution in [3.63, 3.8) is 0 Å². The Hall–Kier alpha value is 2.22. The van der Waals surface area contributed by atoms with Gasteiger partial charge in [0, 0.05) is 140 Å². The summed E-state index contributed by atoms with van der Waals surface area (Å²) in [6.45, 7) is 5.01. The van der Waals surface area contributed by atoms with Crippen LogP contribution in [0, 0.1) is 35.5 Å². The molecule has 0 radical (unpaired) electrons. The van der Waals surface area contributed by atoms with Crippen LogP contribution in [0.3, 0.4) is 0 Å². The zero-order valence-electron chi connectivity index (χ0n) is 40.2. The summed E-state index contributed by atoms with van der Waals surface area (Å²) >= 11 is 22.7. The number of rotatable bonds is 18. The normalized spacial score (nSPS) is 32.6. The average Bonchev–Trinajstić information content (AvgIpc) is 3.33. The summed E-state index contributed by atoms with van der Waals surface area (Å²) in [7, 11) is 0. The van der Waals surface area contributed by atoms with Crippen molar-refractivity contribution in [3.05, 3.63) is 0 Å². The van der Waals surface area contributed by atoms with Crippen LogP contribution < -0.4 is 0 Å². The standard InChI is InChI=1S/3C16H26O2S4.3H2/c1-11(17)12-3-5-13(6-4-12)16(18)22-10-15-9-20-14(7-19-2)8-21-15;1-11(17)12-4-3-5-13(6-12)16(18)22-10-15-9-20-14(7-19-2)8-21-15;1-11(17)14-5-3-4-6-15(14)16(18)22-10-13-9-20-12(7-19-2)8-21-13;;;/h3*12-15H,3-10H2,1-2H3;3*1H. The van der Waals surface area contributed by atoms with E-state index in [9.17, 15) is 28.8 Å². The van der Waals surface area contributed by atoms with Gasteiger partial charge in [0.25, 0.3) is 0 Å². The van der Waals surface area contributed by atoms with Crippen molar-refractivity contribution in [3.8, 4) is 0 Å². The third kappa shape index (κ3) is 22.8. The van der Waals surface area contributed by atoms with Crippen molar-refractivity contribution in [2.75, 3.05) is 87.8 Å². The van der Waals surface area contributed by atoms with Crippen molar-refractivity contribution in [1.82, 2.24) is 0 Å². The van der Waals surface area contributed by atoms with Gasteiger partial charge in [0.05, 0.1) is 0 Å². The molecule has 3 aliphatic carbocycles. The van der Waals surface area contributed by atoms with Crippen molar-refractivity contribution in [1.29, 1.82) is 0 Å². The van der Waals surface area contributed by atoms with Crippen molar-refractivity contribution in [2.24, 2.45) is 35.5 Å². The smallest absolute Gasteiger partial charge is 0.192 e.